The Morgan fingerprint density at radius 3 is 2.71 bits per heavy atom. The minimum atomic E-state index is -0.590. The van der Waals surface area contributed by atoms with Gasteiger partial charge in [0, 0.05) is 19.6 Å². The molecule has 2 heteroatoms. The second kappa shape index (κ2) is 5.69. The van der Waals surface area contributed by atoms with Gasteiger partial charge in [-0.3, -0.25) is 4.90 Å². The molecule has 1 rings (SSSR count). The van der Waals surface area contributed by atoms with E-state index in [1.54, 1.807) is 0 Å². The van der Waals surface area contributed by atoms with Crippen molar-refractivity contribution in [2.75, 3.05) is 19.6 Å². The molecule has 0 bridgehead atoms. The lowest BCUT2D eigenvalue weighted by Crippen LogP contribution is -2.42. The quantitative estimate of drug-likeness (QED) is 0.675. The average molecular weight is 201 g/mol. The number of hydrogen-bond donors (Lipinski definition) is 0. The molecule has 1 heterocycles. The van der Waals surface area contributed by atoms with Gasteiger partial charge in [-0.15, -0.1) is 0 Å². The normalized spacial score (nSPS) is 31.7. The molecule has 0 aromatic carbocycles. The molecule has 1 nitrogen and oxygen atoms in total. The van der Waals surface area contributed by atoms with Gasteiger partial charge in [0.15, 0.2) is 0 Å². The molecule has 3 atom stereocenters. The summed E-state index contributed by atoms with van der Waals surface area (Å²) >= 11 is 0. The first-order valence-electron chi connectivity index (χ1n) is 5.98. The topological polar surface area (TPSA) is 3.24 Å². The number of nitrogens with zero attached hydrogens (tertiary/aromatic N) is 1. The van der Waals surface area contributed by atoms with Crippen molar-refractivity contribution in [3.63, 3.8) is 0 Å². The predicted octanol–water partition coefficient (Wildman–Crippen LogP) is 3.10. The zero-order chi connectivity index (χ0) is 10.6. The smallest absolute Gasteiger partial charge is 0.113 e. The summed E-state index contributed by atoms with van der Waals surface area (Å²) in [5.74, 6) is 1.25. The third-order valence-electron chi connectivity index (χ3n) is 3.04. The molecule has 0 radical (unpaired) electrons. The maximum atomic E-state index is 13.3. The van der Waals surface area contributed by atoms with Crippen molar-refractivity contribution in [2.45, 2.75) is 46.2 Å². The zero-order valence-corrected chi connectivity index (χ0v) is 9.80. The Labute approximate surface area is 87.7 Å². The number of rotatable bonds is 4. The Morgan fingerprint density at radius 2 is 2.14 bits per heavy atom. The maximum Gasteiger partial charge on any atom is 0.113 e. The van der Waals surface area contributed by atoms with E-state index in [4.69, 9.17) is 0 Å². The summed E-state index contributed by atoms with van der Waals surface area (Å²) < 4.78 is 13.3. The molecule has 1 aliphatic rings. The monoisotopic (exact) mass is 201 g/mol. The van der Waals surface area contributed by atoms with Gasteiger partial charge in [-0.25, -0.2) is 4.39 Å². The molecule has 0 N–H and O–H groups in total. The number of hydrogen-bond acceptors (Lipinski definition) is 1. The first-order chi connectivity index (χ1) is 6.61. The molecule has 84 valence electrons. The molecule has 0 aromatic heterocycles. The molecular weight excluding hydrogens is 177 g/mol. The maximum absolute atomic E-state index is 13.3. The highest BCUT2D eigenvalue weighted by Crippen LogP contribution is 2.20. The lowest BCUT2D eigenvalue weighted by molar-refractivity contribution is 0.0904. The lowest BCUT2D eigenvalue weighted by Gasteiger charge is -2.34. The van der Waals surface area contributed by atoms with Crippen LogP contribution in [0.25, 0.3) is 0 Å². The lowest BCUT2D eigenvalue weighted by atomic mass is 9.97. The van der Waals surface area contributed by atoms with E-state index in [2.05, 4.69) is 25.7 Å². The molecule has 14 heavy (non-hydrogen) atoms. The summed E-state index contributed by atoms with van der Waals surface area (Å²) in [6.07, 6.45) is 2.68. The van der Waals surface area contributed by atoms with Gasteiger partial charge in [0.1, 0.15) is 6.17 Å². The van der Waals surface area contributed by atoms with Crippen LogP contribution in [0.4, 0.5) is 4.39 Å². The van der Waals surface area contributed by atoms with Gasteiger partial charge >= 0.3 is 0 Å². The highest BCUT2D eigenvalue weighted by atomic mass is 19.1. The molecule has 0 aromatic rings. The van der Waals surface area contributed by atoms with E-state index in [-0.39, 0.29) is 0 Å². The Hall–Kier alpha value is -0.110. The van der Waals surface area contributed by atoms with Crippen molar-refractivity contribution in [2.24, 2.45) is 11.8 Å². The first kappa shape index (κ1) is 12.0. The van der Waals surface area contributed by atoms with Gasteiger partial charge in [-0.2, -0.15) is 0 Å². The third-order valence-corrected chi connectivity index (χ3v) is 3.04. The summed E-state index contributed by atoms with van der Waals surface area (Å²) in [7, 11) is 0. The highest BCUT2D eigenvalue weighted by Gasteiger charge is 2.24. The second-order valence-corrected chi connectivity index (χ2v) is 5.05. The van der Waals surface area contributed by atoms with E-state index >= 15 is 0 Å². The predicted molar refractivity (Wildman–Crippen MR) is 59.2 cm³/mol. The van der Waals surface area contributed by atoms with Crippen LogP contribution < -0.4 is 0 Å². The van der Waals surface area contributed by atoms with E-state index in [1.807, 2.05) is 0 Å². The molecule has 1 aliphatic heterocycles. The summed E-state index contributed by atoms with van der Waals surface area (Å²) in [4.78, 5) is 2.30. The number of alkyl halides is 1. The largest absolute Gasteiger partial charge is 0.300 e. The van der Waals surface area contributed by atoms with Crippen molar-refractivity contribution in [1.82, 2.24) is 4.90 Å². The first-order valence-corrected chi connectivity index (χ1v) is 5.98. The standard InChI is InChI=1S/C12H24FN/c1-4-5-10(2)7-14-8-11(3)6-12(13)9-14/h10-12H,4-9H2,1-3H3/t10-,11+,12?/m0/s1. The van der Waals surface area contributed by atoms with Crippen molar-refractivity contribution in [1.29, 1.82) is 0 Å². The van der Waals surface area contributed by atoms with E-state index < -0.39 is 6.17 Å². The van der Waals surface area contributed by atoms with Gasteiger partial charge < -0.3 is 0 Å². The Kier molecular flexibility index (Phi) is 4.86. The summed E-state index contributed by atoms with van der Waals surface area (Å²) in [6.45, 7) is 9.48. The summed E-state index contributed by atoms with van der Waals surface area (Å²) in [5.41, 5.74) is 0. The van der Waals surface area contributed by atoms with Crippen LogP contribution in [0.1, 0.15) is 40.0 Å². The van der Waals surface area contributed by atoms with Crippen molar-refractivity contribution >= 4 is 0 Å². The van der Waals surface area contributed by atoms with E-state index in [0.717, 1.165) is 25.4 Å². The average Bonchev–Trinajstić information content (AvgIpc) is 2.01. The Morgan fingerprint density at radius 1 is 1.43 bits per heavy atom. The van der Waals surface area contributed by atoms with Gasteiger partial charge in [-0.05, 0) is 24.7 Å². The molecule has 0 aliphatic carbocycles. The summed E-state index contributed by atoms with van der Waals surface area (Å²) in [6, 6.07) is 0. The Balaban J connectivity index is 2.29. The zero-order valence-electron chi connectivity index (χ0n) is 9.80. The fourth-order valence-electron chi connectivity index (χ4n) is 2.56. The molecule has 1 fully saturated rings. The van der Waals surface area contributed by atoms with Crippen LogP contribution in [-0.2, 0) is 0 Å². The van der Waals surface area contributed by atoms with Crippen LogP contribution in [0.3, 0.4) is 0 Å². The number of piperidine rings is 1. The van der Waals surface area contributed by atoms with E-state index in [1.165, 1.54) is 12.8 Å². The van der Waals surface area contributed by atoms with Crippen LogP contribution in [0, 0.1) is 11.8 Å². The van der Waals surface area contributed by atoms with E-state index in [9.17, 15) is 4.39 Å². The SMILES string of the molecule is CCC[C@H](C)CN1CC(F)C[C@@H](C)C1. The Bertz CT molecular complexity index is 150. The highest BCUT2D eigenvalue weighted by molar-refractivity contribution is 4.77. The number of halogens is 1. The van der Waals surface area contributed by atoms with Crippen LogP contribution in [0.15, 0.2) is 0 Å². The number of likely N-dealkylation sites (tertiary alicyclic amines) is 1. The minimum Gasteiger partial charge on any atom is -0.300 e. The molecular formula is C12H24FN. The van der Waals surface area contributed by atoms with Crippen LogP contribution in [0.5, 0.6) is 0 Å². The van der Waals surface area contributed by atoms with Crippen LogP contribution in [0.2, 0.25) is 0 Å². The third kappa shape index (κ3) is 3.95. The molecule has 0 saturated carbocycles. The summed E-state index contributed by atoms with van der Waals surface area (Å²) in [5, 5.41) is 0. The fraction of sp³-hybridized carbons (Fsp3) is 1.00. The van der Waals surface area contributed by atoms with Crippen molar-refractivity contribution in [3.8, 4) is 0 Å². The van der Waals surface area contributed by atoms with E-state index in [0.29, 0.717) is 12.5 Å². The molecule has 0 amide bonds. The molecule has 0 spiro atoms. The van der Waals surface area contributed by atoms with Gasteiger partial charge in [0.05, 0.1) is 0 Å². The van der Waals surface area contributed by atoms with Crippen molar-refractivity contribution in [3.05, 3.63) is 0 Å². The van der Waals surface area contributed by atoms with Crippen molar-refractivity contribution < 1.29 is 4.39 Å². The van der Waals surface area contributed by atoms with Gasteiger partial charge in [-0.1, -0.05) is 27.2 Å². The molecule has 1 unspecified atom stereocenters. The second-order valence-electron chi connectivity index (χ2n) is 5.05. The molecule has 1 saturated heterocycles. The van der Waals surface area contributed by atoms with Gasteiger partial charge in [0.2, 0.25) is 0 Å². The van der Waals surface area contributed by atoms with Gasteiger partial charge in [0.25, 0.3) is 0 Å². The van der Waals surface area contributed by atoms with Crippen LogP contribution in [-0.4, -0.2) is 30.7 Å². The minimum absolute atomic E-state index is 0.535. The van der Waals surface area contributed by atoms with Crippen LogP contribution >= 0.6 is 0 Å². The fourth-order valence-corrected chi connectivity index (χ4v) is 2.56.